The molecule has 3 heterocycles. The maximum atomic E-state index is 13.4. The summed E-state index contributed by atoms with van der Waals surface area (Å²) < 4.78 is 37.1. The maximum absolute atomic E-state index is 13.4. The molecule has 0 saturated carbocycles. The number of halogens is 2. The molecule has 0 spiro atoms. The molecule has 0 aliphatic carbocycles. The monoisotopic (exact) mass is 476 g/mol. The van der Waals surface area contributed by atoms with Gasteiger partial charge >= 0.3 is 12.6 Å². The first-order valence-electron chi connectivity index (χ1n) is 9.67. The van der Waals surface area contributed by atoms with Gasteiger partial charge in [0.15, 0.2) is 4.80 Å². The normalized spacial score (nSPS) is 16.2. The molecule has 0 radical (unpaired) electrons. The molecule has 1 aliphatic rings. The van der Waals surface area contributed by atoms with Gasteiger partial charge in [-0.25, -0.2) is 9.79 Å². The van der Waals surface area contributed by atoms with Crippen molar-refractivity contribution >= 4 is 34.7 Å². The summed E-state index contributed by atoms with van der Waals surface area (Å²) in [4.78, 5) is 31.8. The van der Waals surface area contributed by atoms with Crippen LogP contribution < -0.4 is 19.6 Å². The fraction of sp³-hybridized carbons (Fsp3) is 0.227. The van der Waals surface area contributed by atoms with Crippen LogP contribution in [0.1, 0.15) is 30.3 Å². The van der Waals surface area contributed by atoms with Crippen LogP contribution >= 0.6 is 22.7 Å². The number of carbonyl (C=O) groups is 1. The van der Waals surface area contributed by atoms with Crippen LogP contribution in [0, 0.1) is 0 Å². The summed E-state index contributed by atoms with van der Waals surface area (Å²) in [5, 5.41) is 1.86. The Labute approximate surface area is 189 Å². The molecule has 1 atom stereocenters. The Morgan fingerprint density at radius 1 is 1.28 bits per heavy atom. The lowest BCUT2D eigenvalue weighted by atomic mass is 10.0. The summed E-state index contributed by atoms with van der Waals surface area (Å²) in [7, 11) is 0. The standard InChI is InChI=1S/C22H18F2N2O4S2/c1-3-29-20(28)17-12(2)25-22-26(18(17)15-9-6-10-31-15)19(27)16(32-22)11-13-7-4-5-8-14(13)30-21(23)24/h4-11,18,21H,3H2,1-2H3/b16-11+. The van der Waals surface area contributed by atoms with Crippen molar-refractivity contribution in [3.05, 3.63) is 83.2 Å². The van der Waals surface area contributed by atoms with Gasteiger partial charge in [0.1, 0.15) is 11.8 Å². The molecule has 2 aromatic heterocycles. The Morgan fingerprint density at radius 3 is 2.75 bits per heavy atom. The number of alkyl halides is 2. The predicted octanol–water partition coefficient (Wildman–Crippen LogP) is 3.46. The van der Waals surface area contributed by atoms with Crippen molar-refractivity contribution in [2.75, 3.05) is 6.61 Å². The number of hydrogen-bond acceptors (Lipinski definition) is 7. The number of aromatic nitrogens is 1. The zero-order valence-electron chi connectivity index (χ0n) is 17.1. The minimum Gasteiger partial charge on any atom is -0.463 e. The highest BCUT2D eigenvalue weighted by atomic mass is 32.1. The summed E-state index contributed by atoms with van der Waals surface area (Å²) in [5.41, 5.74) is 0.728. The number of allylic oxidation sites excluding steroid dienone is 1. The van der Waals surface area contributed by atoms with Crippen molar-refractivity contribution in [3.63, 3.8) is 0 Å². The molecule has 3 aromatic rings. The second kappa shape index (κ2) is 9.17. The third-order valence-electron chi connectivity index (χ3n) is 4.75. The highest BCUT2D eigenvalue weighted by Crippen LogP contribution is 2.33. The highest BCUT2D eigenvalue weighted by Gasteiger charge is 2.33. The van der Waals surface area contributed by atoms with Gasteiger partial charge in [-0.15, -0.1) is 11.3 Å². The Kier molecular flexibility index (Phi) is 6.33. The van der Waals surface area contributed by atoms with Gasteiger partial charge < -0.3 is 9.47 Å². The molecule has 1 aromatic carbocycles. The van der Waals surface area contributed by atoms with Crippen molar-refractivity contribution in [1.82, 2.24) is 4.57 Å². The smallest absolute Gasteiger partial charge is 0.387 e. The second-order valence-electron chi connectivity index (χ2n) is 6.73. The molecular formula is C22H18F2N2O4S2. The number of thiophene rings is 1. The first-order chi connectivity index (χ1) is 15.4. The number of ether oxygens (including phenoxy) is 2. The van der Waals surface area contributed by atoms with Crippen LogP contribution in [0.3, 0.4) is 0 Å². The van der Waals surface area contributed by atoms with Crippen molar-refractivity contribution in [3.8, 4) is 5.75 Å². The van der Waals surface area contributed by atoms with E-state index in [1.54, 1.807) is 32.0 Å². The third-order valence-corrected chi connectivity index (χ3v) is 6.66. The predicted molar refractivity (Wildman–Crippen MR) is 118 cm³/mol. The van der Waals surface area contributed by atoms with Crippen LogP contribution in [0.25, 0.3) is 6.08 Å². The largest absolute Gasteiger partial charge is 0.463 e. The van der Waals surface area contributed by atoms with Gasteiger partial charge in [-0.2, -0.15) is 8.78 Å². The Morgan fingerprint density at radius 2 is 2.06 bits per heavy atom. The highest BCUT2D eigenvalue weighted by molar-refractivity contribution is 7.10. The van der Waals surface area contributed by atoms with E-state index in [-0.39, 0.29) is 22.4 Å². The first kappa shape index (κ1) is 22.1. The first-order valence-corrected chi connectivity index (χ1v) is 11.4. The minimum absolute atomic E-state index is 0.0356. The van der Waals surface area contributed by atoms with Crippen LogP contribution in [0.4, 0.5) is 8.78 Å². The molecular weight excluding hydrogens is 458 g/mol. The van der Waals surface area contributed by atoms with Gasteiger partial charge in [-0.3, -0.25) is 9.36 Å². The van der Waals surface area contributed by atoms with Crippen LogP contribution in [-0.4, -0.2) is 23.8 Å². The quantitative estimate of drug-likeness (QED) is 0.511. The fourth-order valence-corrected chi connectivity index (χ4v) is 5.31. The van der Waals surface area contributed by atoms with E-state index in [2.05, 4.69) is 9.73 Å². The average molecular weight is 477 g/mol. The second-order valence-corrected chi connectivity index (χ2v) is 8.72. The number of rotatable bonds is 6. The topological polar surface area (TPSA) is 69.9 Å². The van der Waals surface area contributed by atoms with Crippen molar-refractivity contribution in [1.29, 1.82) is 0 Å². The van der Waals surface area contributed by atoms with Crippen LogP contribution in [0.15, 0.2) is 62.8 Å². The minimum atomic E-state index is -2.99. The summed E-state index contributed by atoms with van der Waals surface area (Å²) >= 11 is 2.53. The molecule has 10 heteroatoms. The number of para-hydroxylation sites is 1. The number of nitrogens with zero attached hydrogens (tertiary/aromatic N) is 2. The van der Waals surface area contributed by atoms with Gasteiger partial charge in [-0.1, -0.05) is 35.6 Å². The van der Waals surface area contributed by atoms with E-state index < -0.39 is 18.6 Å². The van der Waals surface area contributed by atoms with E-state index in [0.717, 1.165) is 16.2 Å². The summed E-state index contributed by atoms with van der Waals surface area (Å²) in [6, 6.07) is 9.23. The molecule has 1 aliphatic heterocycles. The van der Waals surface area contributed by atoms with E-state index in [4.69, 9.17) is 4.74 Å². The Balaban J connectivity index is 1.91. The maximum Gasteiger partial charge on any atom is 0.387 e. The van der Waals surface area contributed by atoms with Crippen LogP contribution in [-0.2, 0) is 9.53 Å². The zero-order valence-corrected chi connectivity index (χ0v) is 18.7. The number of benzene rings is 1. The van der Waals surface area contributed by atoms with E-state index in [1.807, 2.05) is 17.5 Å². The van der Waals surface area contributed by atoms with E-state index in [0.29, 0.717) is 21.6 Å². The van der Waals surface area contributed by atoms with E-state index in [9.17, 15) is 18.4 Å². The van der Waals surface area contributed by atoms with Crippen LogP contribution in [0.5, 0.6) is 5.75 Å². The summed E-state index contributed by atoms with van der Waals surface area (Å²) in [6.45, 7) is 0.620. The lowest BCUT2D eigenvalue weighted by Crippen LogP contribution is -2.39. The molecule has 32 heavy (non-hydrogen) atoms. The number of carbonyl (C=O) groups excluding carboxylic acids is 1. The van der Waals surface area contributed by atoms with E-state index in [1.165, 1.54) is 28.0 Å². The lowest BCUT2D eigenvalue weighted by molar-refractivity contribution is -0.139. The molecule has 0 fully saturated rings. The summed E-state index contributed by atoms with van der Waals surface area (Å²) in [5.74, 6) is -0.566. The third kappa shape index (κ3) is 4.15. The van der Waals surface area contributed by atoms with Gasteiger partial charge in [0.05, 0.1) is 22.4 Å². The SMILES string of the molecule is CCOC(=O)C1=C(C)N=c2s/c(=C/c3ccccc3OC(F)F)c(=O)n2C1c1cccs1. The molecule has 166 valence electrons. The number of thiazole rings is 1. The lowest BCUT2D eigenvalue weighted by Gasteiger charge is -2.23. The molecule has 6 nitrogen and oxygen atoms in total. The fourth-order valence-electron chi connectivity index (χ4n) is 3.45. The number of hydrogen-bond donors (Lipinski definition) is 0. The molecule has 0 amide bonds. The van der Waals surface area contributed by atoms with Crippen molar-refractivity contribution < 1.29 is 23.0 Å². The van der Waals surface area contributed by atoms with Crippen molar-refractivity contribution in [2.24, 2.45) is 4.99 Å². The molecule has 1 unspecified atom stereocenters. The van der Waals surface area contributed by atoms with Gasteiger partial charge in [0.2, 0.25) is 0 Å². The van der Waals surface area contributed by atoms with Gasteiger partial charge in [0, 0.05) is 10.4 Å². The molecule has 0 N–H and O–H groups in total. The Bertz CT molecular complexity index is 1360. The van der Waals surface area contributed by atoms with Gasteiger partial charge in [0.25, 0.3) is 5.56 Å². The summed E-state index contributed by atoms with van der Waals surface area (Å²) in [6.07, 6.45) is 1.50. The Hall–Kier alpha value is -3.11. The van der Waals surface area contributed by atoms with Crippen LogP contribution in [0.2, 0.25) is 0 Å². The zero-order chi connectivity index (χ0) is 22.8. The van der Waals surface area contributed by atoms with E-state index >= 15 is 0 Å². The molecule has 4 rings (SSSR count). The van der Waals surface area contributed by atoms with Crippen molar-refractivity contribution in [2.45, 2.75) is 26.5 Å². The van der Waals surface area contributed by atoms with Gasteiger partial charge in [-0.05, 0) is 37.4 Å². The average Bonchev–Trinajstić information content (AvgIpc) is 3.37. The molecule has 0 bridgehead atoms. The number of esters is 1. The molecule has 0 saturated heterocycles. The number of fused-ring (bicyclic) bond motifs is 1.